The van der Waals surface area contributed by atoms with Crippen molar-refractivity contribution < 1.29 is 14.3 Å². The lowest BCUT2D eigenvalue weighted by Crippen LogP contribution is -2.22. The van der Waals surface area contributed by atoms with E-state index in [4.69, 9.17) is 27.3 Å². The number of ether oxygens (including phenoxy) is 1. The Bertz CT molecular complexity index is 475. The van der Waals surface area contributed by atoms with E-state index in [0.717, 1.165) is 12.8 Å². The molecule has 0 aromatic heterocycles. The monoisotopic (exact) mass is 272 g/mol. The van der Waals surface area contributed by atoms with Gasteiger partial charge in [0.2, 0.25) is 0 Å². The molecule has 1 fully saturated rings. The van der Waals surface area contributed by atoms with Gasteiger partial charge in [0.05, 0.1) is 11.6 Å². The molecule has 1 aliphatic rings. The molecule has 4 nitrogen and oxygen atoms in total. The Hall–Kier alpha value is -1.49. The van der Waals surface area contributed by atoms with E-state index in [0.29, 0.717) is 13.0 Å². The molecule has 6 heteroatoms. The zero-order valence-electron chi connectivity index (χ0n) is 9.70. The highest BCUT2D eigenvalue weighted by atomic mass is 35.5. The van der Waals surface area contributed by atoms with Crippen LogP contribution >= 0.6 is 11.6 Å². The quantitative estimate of drug-likeness (QED) is 0.375. The molecule has 1 aromatic carbocycles. The van der Waals surface area contributed by atoms with Crippen LogP contribution in [0.4, 0.5) is 4.39 Å². The second kappa shape index (κ2) is 5.02. The summed E-state index contributed by atoms with van der Waals surface area (Å²) in [4.78, 5) is 0. The van der Waals surface area contributed by atoms with Gasteiger partial charge in [0, 0.05) is 11.8 Å². The Kier molecular flexibility index (Phi) is 3.61. The summed E-state index contributed by atoms with van der Waals surface area (Å²) in [7, 11) is 0. The van der Waals surface area contributed by atoms with Gasteiger partial charge in [0.15, 0.2) is 11.6 Å². The molecule has 0 radical (unpaired) electrons. The molecule has 0 bridgehead atoms. The highest BCUT2D eigenvalue weighted by Crippen LogP contribution is 2.49. The minimum absolute atomic E-state index is 0.0359. The summed E-state index contributed by atoms with van der Waals surface area (Å²) >= 11 is 5.66. The molecule has 0 saturated heterocycles. The maximum Gasteiger partial charge on any atom is 0.183 e. The van der Waals surface area contributed by atoms with Crippen LogP contribution in [0.3, 0.4) is 0 Å². The molecule has 0 heterocycles. The summed E-state index contributed by atoms with van der Waals surface area (Å²) < 4.78 is 19.0. The number of benzene rings is 1. The lowest BCUT2D eigenvalue weighted by atomic mass is 10.0. The maximum absolute atomic E-state index is 13.6. The van der Waals surface area contributed by atoms with E-state index >= 15 is 0 Å². The fraction of sp³-hybridized carbons (Fsp3) is 0.417. The Morgan fingerprint density at radius 2 is 2.28 bits per heavy atom. The SMILES string of the molecule is N/C(CC1(COc2cccc(Cl)c2F)CC1)=N/O. The van der Waals surface area contributed by atoms with Gasteiger partial charge in [0.25, 0.3) is 0 Å². The van der Waals surface area contributed by atoms with E-state index in [1.165, 1.54) is 12.1 Å². The summed E-state index contributed by atoms with van der Waals surface area (Å²) in [6.45, 7) is 0.334. The molecule has 3 N–H and O–H groups in total. The summed E-state index contributed by atoms with van der Waals surface area (Å²) in [5, 5.41) is 11.5. The fourth-order valence-corrected chi connectivity index (χ4v) is 1.96. The zero-order chi connectivity index (χ0) is 13.2. The van der Waals surface area contributed by atoms with Crippen molar-refractivity contribution in [2.75, 3.05) is 6.61 Å². The molecule has 1 saturated carbocycles. The number of hydrogen-bond acceptors (Lipinski definition) is 3. The van der Waals surface area contributed by atoms with Gasteiger partial charge in [-0.25, -0.2) is 4.39 Å². The van der Waals surface area contributed by atoms with Crippen molar-refractivity contribution in [1.29, 1.82) is 0 Å². The average Bonchev–Trinajstić information content (AvgIpc) is 3.11. The van der Waals surface area contributed by atoms with Crippen molar-refractivity contribution in [2.45, 2.75) is 19.3 Å². The van der Waals surface area contributed by atoms with Crippen molar-refractivity contribution in [3.8, 4) is 5.75 Å². The number of oxime groups is 1. The summed E-state index contributed by atoms with van der Waals surface area (Å²) in [6.07, 6.45) is 2.29. The van der Waals surface area contributed by atoms with Crippen LogP contribution in [-0.4, -0.2) is 17.6 Å². The van der Waals surface area contributed by atoms with Crippen molar-refractivity contribution in [3.05, 3.63) is 29.0 Å². The van der Waals surface area contributed by atoms with Crippen LogP contribution in [0, 0.1) is 11.2 Å². The number of hydrogen-bond donors (Lipinski definition) is 2. The minimum Gasteiger partial charge on any atom is -0.490 e. The van der Waals surface area contributed by atoms with E-state index in [1.54, 1.807) is 6.07 Å². The third kappa shape index (κ3) is 2.85. The summed E-state index contributed by atoms with van der Waals surface area (Å²) in [5.41, 5.74) is 5.34. The van der Waals surface area contributed by atoms with Crippen LogP contribution in [0.25, 0.3) is 0 Å². The second-order valence-corrected chi connectivity index (χ2v) is 5.02. The first-order valence-corrected chi connectivity index (χ1v) is 5.97. The molecule has 0 spiro atoms. The van der Waals surface area contributed by atoms with Gasteiger partial charge in [0.1, 0.15) is 5.84 Å². The largest absolute Gasteiger partial charge is 0.490 e. The predicted octanol–water partition coefficient (Wildman–Crippen LogP) is 2.77. The van der Waals surface area contributed by atoms with E-state index in [9.17, 15) is 4.39 Å². The van der Waals surface area contributed by atoms with Gasteiger partial charge in [-0.3, -0.25) is 0 Å². The van der Waals surface area contributed by atoms with Crippen LogP contribution in [0.5, 0.6) is 5.75 Å². The fourth-order valence-electron chi connectivity index (χ4n) is 1.79. The van der Waals surface area contributed by atoms with Gasteiger partial charge < -0.3 is 15.7 Å². The molecule has 0 aliphatic heterocycles. The van der Waals surface area contributed by atoms with Gasteiger partial charge in [-0.1, -0.05) is 22.8 Å². The van der Waals surface area contributed by atoms with Crippen LogP contribution < -0.4 is 10.5 Å². The number of nitrogens with zero attached hydrogens (tertiary/aromatic N) is 1. The molecule has 0 unspecified atom stereocenters. The number of rotatable bonds is 5. The Labute approximate surface area is 109 Å². The zero-order valence-corrected chi connectivity index (χ0v) is 10.5. The molecule has 98 valence electrons. The maximum atomic E-state index is 13.6. The summed E-state index contributed by atoms with van der Waals surface area (Å²) in [5.74, 6) is -0.255. The molecular formula is C12H14ClFN2O2. The van der Waals surface area contributed by atoms with Gasteiger partial charge in [-0.05, 0) is 25.0 Å². The van der Waals surface area contributed by atoms with E-state index in [2.05, 4.69) is 5.16 Å². The molecule has 0 atom stereocenters. The van der Waals surface area contributed by atoms with Gasteiger partial charge in [-0.2, -0.15) is 0 Å². The highest BCUT2D eigenvalue weighted by Gasteiger charge is 2.44. The van der Waals surface area contributed by atoms with Gasteiger partial charge in [-0.15, -0.1) is 0 Å². The Balaban J connectivity index is 1.98. The first-order chi connectivity index (χ1) is 8.56. The topological polar surface area (TPSA) is 67.8 Å². The van der Waals surface area contributed by atoms with Crippen LogP contribution in [0.1, 0.15) is 19.3 Å². The third-order valence-corrected chi connectivity index (χ3v) is 3.38. The Morgan fingerprint density at radius 3 is 2.89 bits per heavy atom. The van der Waals surface area contributed by atoms with Crippen LogP contribution in [0.15, 0.2) is 23.4 Å². The molecule has 1 aromatic rings. The van der Waals surface area contributed by atoms with E-state index in [-0.39, 0.29) is 22.0 Å². The highest BCUT2D eigenvalue weighted by molar-refractivity contribution is 6.30. The van der Waals surface area contributed by atoms with Crippen LogP contribution in [0.2, 0.25) is 5.02 Å². The average molecular weight is 273 g/mol. The van der Waals surface area contributed by atoms with Crippen LogP contribution in [-0.2, 0) is 0 Å². The van der Waals surface area contributed by atoms with E-state index in [1.807, 2.05) is 0 Å². The lowest BCUT2D eigenvalue weighted by molar-refractivity contribution is 0.227. The lowest BCUT2D eigenvalue weighted by Gasteiger charge is -2.15. The minimum atomic E-state index is -0.557. The number of halogens is 2. The molecule has 1 aliphatic carbocycles. The predicted molar refractivity (Wildman–Crippen MR) is 66.6 cm³/mol. The number of amidine groups is 1. The molecule has 2 rings (SSSR count). The van der Waals surface area contributed by atoms with Crippen molar-refractivity contribution in [1.82, 2.24) is 0 Å². The summed E-state index contributed by atoms with van der Waals surface area (Å²) in [6, 6.07) is 4.62. The van der Waals surface area contributed by atoms with Gasteiger partial charge >= 0.3 is 0 Å². The third-order valence-electron chi connectivity index (χ3n) is 3.09. The first-order valence-electron chi connectivity index (χ1n) is 5.59. The normalized spacial score (nSPS) is 17.6. The standard InChI is InChI=1S/C12H14ClFN2O2/c13-8-2-1-3-9(11(8)14)18-7-12(4-5-12)6-10(15)16-17/h1-3,17H,4-7H2,(H2,15,16). The first kappa shape index (κ1) is 13.0. The number of nitrogens with two attached hydrogens (primary N) is 1. The van der Waals surface area contributed by atoms with Crippen molar-refractivity contribution in [3.63, 3.8) is 0 Å². The molecule has 18 heavy (non-hydrogen) atoms. The van der Waals surface area contributed by atoms with E-state index < -0.39 is 5.82 Å². The van der Waals surface area contributed by atoms with Crippen molar-refractivity contribution >= 4 is 17.4 Å². The second-order valence-electron chi connectivity index (χ2n) is 4.61. The van der Waals surface area contributed by atoms with Crippen molar-refractivity contribution in [2.24, 2.45) is 16.3 Å². The molecular weight excluding hydrogens is 259 g/mol. The Morgan fingerprint density at radius 1 is 1.56 bits per heavy atom. The smallest absolute Gasteiger partial charge is 0.183 e. The molecule has 0 amide bonds.